The first-order valence-corrected chi connectivity index (χ1v) is 6.22. The fraction of sp³-hybridized carbons (Fsp3) is 0.200. The van der Waals surface area contributed by atoms with Gasteiger partial charge in [-0.15, -0.1) is 0 Å². The average molecular weight is 299 g/mol. The second-order valence-corrected chi connectivity index (χ2v) is 4.42. The summed E-state index contributed by atoms with van der Waals surface area (Å²) in [6.45, 7) is -1.28. The molecule has 0 fully saturated rings. The van der Waals surface area contributed by atoms with Crippen molar-refractivity contribution in [3.63, 3.8) is 0 Å². The van der Waals surface area contributed by atoms with E-state index in [-0.39, 0.29) is 11.3 Å². The third kappa shape index (κ3) is 3.87. The molecule has 21 heavy (non-hydrogen) atoms. The summed E-state index contributed by atoms with van der Waals surface area (Å²) >= 11 is 0. The van der Waals surface area contributed by atoms with Crippen LogP contribution in [0, 0.1) is 11.6 Å². The molecule has 2 aromatic carbocycles. The fourth-order valence-corrected chi connectivity index (χ4v) is 1.94. The Hall–Kier alpha value is -2.24. The Balaban J connectivity index is 2.15. The molecule has 0 radical (unpaired) electrons. The van der Waals surface area contributed by atoms with Gasteiger partial charge in [-0.3, -0.25) is 0 Å². The Bertz CT molecular complexity index is 618. The van der Waals surface area contributed by atoms with Crippen molar-refractivity contribution >= 4 is 5.69 Å². The Morgan fingerprint density at radius 3 is 2.48 bits per heavy atom. The summed E-state index contributed by atoms with van der Waals surface area (Å²) in [7, 11) is 0. The highest BCUT2D eigenvalue weighted by Crippen LogP contribution is 2.25. The van der Waals surface area contributed by atoms with Gasteiger partial charge in [-0.25, -0.2) is 8.78 Å². The van der Waals surface area contributed by atoms with Gasteiger partial charge in [-0.2, -0.15) is 8.78 Å². The van der Waals surface area contributed by atoms with Crippen LogP contribution in [0.15, 0.2) is 42.5 Å². The number of benzene rings is 2. The smallest absolute Gasteiger partial charge is 0.387 e. The molecule has 2 nitrogen and oxygen atoms in total. The van der Waals surface area contributed by atoms with Gasteiger partial charge in [0.1, 0.15) is 5.75 Å². The topological polar surface area (TPSA) is 21.3 Å². The monoisotopic (exact) mass is 299 g/mol. The molecule has 0 saturated heterocycles. The van der Waals surface area contributed by atoms with Gasteiger partial charge in [0.05, 0.1) is 6.04 Å². The fourth-order valence-electron chi connectivity index (χ4n) is 1.94. The number of hydrogen-bond donors (Lipinski definition) is 1. The Morgan fingerprint density at radius 1 is 1.05 bits per heavy atom. The van der Waals surface area contributed by atoms with E-state index in [1.165, 1.54) is 30.3 Å². The van der Waals surface area contributed by atoms with E-state index in [4.69, 9.17) is 0 Å². The largest absolute Gasteiger partial charge is 0.435 e. The van der Waals surface area contributed by atoms with E-state index in [2.05, 4.69) is 10.1 Å². The molecular formula is C15H13F4NO. The van der Waals surface area contributed by atoms with Gasteiger partial charge >= 0.3 is 6.61 Å². The summed E-state index contributed by atoms with van der Waals surface area (Å²) < 4.78 is 55.4. The lowest BCUT2D eigenvalue weighted by Crippen LogP contribution is -2.10. The van der Waals surface area contributed by atoms with Gasteiger partial charge in [-0.05, 0) is 25.1 Å². The molecular weight excluding hydrogens is 286 g/mol. The average Bonchev–Trinajstić information content (AvgIpc) is 2.41. The summed E-state index contributed by atoms with van der Waals surface area (Å²) in [6, 6.07) is 9.23. The molecule has 0 amide bonds. The molecule has 0 aromatic heterocycles. The highest BCUT2D eigenvalue weighted by Gasteiger charge is 2.14. The number of halogens is 4. The summed E-state index contributed by atoms with van der Waals surface area (Å²) in [5, 5.41) is 2.91. The third-order valence-electron chi connectivity index (χ3n) is 2.89. The molecule has 1 atom stereocenters. The normalized spacial score (nSPS) is 12.3. The van der Waals surface area contributed by atoms with Crippen LogP contribution in [0.5, 0.6) is 5.75 Å². The minimum atomic E-state index is -2.92. The zero-order chi connectivity index (χ0) is 15.4. The van der Waals surface area contributed by atoms with E-state index in [9.17, 15) is 17.6 Å². The van der Waals surface area contributed by atoms with Gasteiger partial charge in [0.15, 0.2) is 11.6 Å². The molecule has 0 saturated carbocycles. The number of ether oxygens (including phenoxy) is 1. The van der Waals surface area contributed by atoms with Crippen LogP contribution in [0.3, 0.4) is 0 Å². The number of anilines is 1. The van der Waals surface area contributed by atoms with Crippen LogP contribution in [0.1, 0.15) is 18.5 Å². The standard InChI is InChI=1S/C15H13F4NO/c1-9(12-6-3-7-13(16)14(12)17)20-10-4-2-5-11(8-10)21-15(18)19/h2-9,15,20H,1H3. The molecule has 2 rings (SSSR count). The van der Waals surface area contributed by atoms with E-state index in [1.807, 2.05) is 0 Å². The molecule has 112 valence electrons. The molecule has 0 heterocycles. The lowest BCUT2D eigenvalue weighted by molar-refractivity contribution is -0.0498. The molecule has 1 N–H and O–H groups in total. The molecule has 0 aliphatic heterocycles. The van der Waals surface area contributed by atoms with Crippen LogP contribution >= 0.6 is 0 Å². The SMILES string of the molecule is CC(Nc1cccc(OC(F)F)c1)c1cccc(F)c1F. The highest BCUT2D eigenvalue weighted by molar-refractivity contribution is 5.49. The first-order valence-electron chi connectivity index (χ1n) is 6.22. The van der Waals surface area contributed by atoms with E-state index in [0.29, 0.717) is 5.69 Å². The maximum Gasteiger partial charge on any atom is 0.387 e. The van der Waals surface area contributed by atoms with Crippen molar-refractivity contribution in [3.05, 3.63) is 59.7 Å². The number of alkyl halides is 2. The third-order valence-corrected chi connectivity index (χ3v) is 2.89. The summed E-state index contributed by atoms with van der Waals surface area (Å²) in [5.74, 6) is -1.88. The molecule has 2 aromatic rings. The minimum absolute atomic E-state index is 0.0121. The van der Waals surface area contributed by atoms with E-state index < -0.39 is 24.3 Å². The van der Waals surface area contributed by atoms with Crippen molar-refractivity contribution in [2.75, 3.05) is 5.32 Å². The van der Waals surface area contributed by atoms with Gasteiger partial charge in [0.2, 0.25) is 0 Å². The van der Waals surface area contributed by atoms with Crippen molar-refractivity contribution in [1.29, 1.82) is 0 Å². The maximum absolute atomic E-state index is 13.7. The number of hydrogen-bond acceptors (Lipinski definition) is 2. The second-order valence-electron chi connectivity index (χ2n) is 4.42. The summed E-state index contributed by atoms with van der Waals surface area (Å²) in [5.41, 5.74) is 0.611. The van der Waals surface area contributed by atoms with Crippen molar-refractivity contribution < 1.29 is 22.3 Å². The zero-order valence-electron chi connectivity index (χ0n) is 11.1. The summed E-state index contributed by atoms with van der Waals surface area (Å²) in [4.78, 5) is 0. The maximum atomic E-state index is 13.7. The van der Waals surface area contributed by atoms with Crippen LogP contribution in [-0.2, 0) is 0 Å². The molecule has 0 bridgehead atoms. The number of nitrogens with one attached hydrogen (secondary N) is 1. The van der Waals surface area contributed by atoms with E-state index in [1.54, 1.807) is 13.0 Å². The van der Waals surface area contributed by atoms with Gasteiger partial charge in [0.25, 0.3) is 0 Å². The van der Waals surface area contributed by atoms with Crippen molar-refractivity contribution in [3.8, 4) is 5.75 Å². The highest BCUT2D eigenvalue weighted by atomic mass is 19.3. The quantitative estimate of drug-likeness (QED) is 0.805. The van der Waals surface area contributed by atoms with Crippen molar-refractivity contribution in [2.24, 2.45) is 0 Å². The molecule has 6 heteroatoms. The van der Waals surface area contributed by atoms with Gasteiger partial charge in [0, 0.05) is 17.3 Å². The second kappa shape index (κ2) is 6.47. The van der Waals surface area contributed by atoms with Gasteiger partial charge in [-0.1, -0.05) is 18.2 Å². The van der Waals surface area contributed by atoms with Crippen LogP contribution in [0.2, 0.25) is 0 Å². The summed E-state index contributed by atoms with van der Waals surface area (Å²) in [6.07, 6.45) is 0. The molecule has 1 unspecified atom stereocenters. The number of rotatable bonds is 5. The lowest BCUT2D eigenvalue weighted by Gasteiger charge is -2.17. The van der Waals surface area contributed by atoms with Crippen LogP contribution in [0.4, 0.5) is 23.2 Å². The van der Waals surface area contributed by atoms with E-state index in [0.717, 1.165) is 6.07 Å². The Morgan fingerprint density at radius 2 is 1.76 bits per heavy atom. The Labute approximate surface area is 119 Å². The zero-order valence-corrected chi connectivity index (χ0v) is 11.1. The Kier molecular flexibility index (Phi) is 4.67. The minimum Gasteiger partial charge on any atom is -0.435 e. The van der Waals surface area contributed by atoms with Crippen LogP contribution in [-0.4, -0.2) is 6.61 Å². The molecule has 0 aliphatic rings. The first kappa shape index (κ1) is 15.2. The molecule has 0 spiro atoms. The lowest BCUT2D eigenvalue weighted by atomic mass is 10.1. The first-order chi connectivity index (χ1) is 9.97. The predicted molar refractivity (Wildman–Crippen MR) is 71.5 cm³/mol. The molecule has 0 aliphatic carbocycles. The van der Waals surface area contributed by atoms with Crippen LogP contribution < -0.4 is 10.1 Å². The van der Waals surface area contributed by atoms with Crippen molar-refractivity contribution in [2.45, 2.75) is 19.6 Å². The van der Waals surface area contributed by atoms with Gasteiger partial charge < -0.3 is 10.1 Å². The van der Waals surface area contributed by atoms with Crippen molar-refractivity contribution in [1.82, 2.24) is 0 Å². The van der Waals surface area contributed by atoms with E-state index >= 15 is 0 Å². The van der Waals surface area contributed by atoms with Crippen LogP contribution in [0.25, 0.3) is 0 Å². The predicted octanol–water partition coefficient (Wildman–Crippen LogP) is 4.74.